The summed E-state index contributed by atoms with van der Waals surface area (Å²) in [7, 11) is -9.78. The van der Waals surface area contributed by atoms with E-state index in [0.29, 0.717) is 78.7 Å². The summed E-state index contributed by atoms with van der Waals surface area (Å²) in [5.41, 5.74) is 0. The van der Waals surface area contributed by atoms with Crippen LogP contribution in [0.1, 0.15) is 0 Å². The Morgan fingerprint density at radius 2 is 0.529 bits per heavy atom. The van der Waals surface area contributed by atoms with Gasteiger partial charge in [0.2, 0.25) is 0 Å². The van der Waals surface area contributed by atoms with Crippen molar-refractivity contribution in [1.29, 1.82) is 0 Å². The summed E-state index contributed by atoms with van der Waals surface area (Å²) in [5.74, 6) is 2.97. The van der Waals surface area contributed by atoms with Crippen LogP contribution in [0.4, 0.5) is 0 Å². The average Bonchev–Trinajstić information content (AvgIpc) is 4.15. The molecule has 0 spiro atoms. The van der Waals surface area contributed by atoms with E-state index in [0.717, 1.165) is 17.8 Å². The Bertz CT molecular complexity index is 1300. The predicted molar refractivity (Wildman–Crippen MR) is 269 cm³/mol. The molecule has 30 radical (unpaired) electrons. The third-order valence-corrected chi connectivity index (χ3v) is 14.7. The molecule has 3 N–H and O–H groups in total. The number of rotatable bonds is 33. The summed E-state index contributed by atoms with van der Waals surface area (Å²) in [6, 6.07) is 0. The molecule has 6 rings (SSSR count). The SMILES string of the molecule is O=S(=O)(CCNCCN(CCNCCS(=O)(=O)CCOC[C]1[CH][CH][CH][CH]1)CCNCCS(=O)(=O)CCOC[C]1[CH][CH][CH][CH]1)CCOC[C]1[CH][CH][CH][CH]1.[CH]1[CH][CH][CH][CH]1.[CH]1[CH][CH][CH][CH]1.[CH]1[CH][CH][CH][CH]1.[Fe+2].[Fe+2].[Fe+2]. The van der Waals surface area contributed by atoms with E-state index in [-0.39, 0.29) is 106 Å². The molecule has 0 aromatic rings. The van der Waals surface area contributed by atoms with Gasteiger partial charge in [-0.05, 0) is 173 Å². The van der Waals surface area contributed by atoms with Crippen molar-refractivity contribution in [3.63, 3.8) is 0 Å². The quantitative estimate of drug-likeness (QED) is 0.0649. The van der Waals surface area contributed by atoms with E-state index in [1.807, 2.05) is 173 Å². The van der Waals surface area contributed by atoms with Gasteiger partial charge in [-0.2, -0.15) is 0 Å². The molecule has 19 heteroatoms. The van der Waals surface area contributed by atoms with E-state index in [1.165, 1.54) is 0 Å². The van der Waals surface area contributed by atoms with E-state index in [9.17, 15) is 25.3 Å². The van der Waals surface area contributed by atoms with Crippen LogP contribution in [0.15, 0.2) is 0 Å². The van der Waals surface area contributed by atoms with E-state index < -0.39 is 29.5 Å². The van der Waals surface area contributed by atoms with Crippen LogP contribution < -0.4 is 16.0 Å². The minimum Gasteiger partial charge on any atom is -0.380 e. The number of nitrogens with zero attached hydrogens (tertiary/aromatic N) is 1. The van der Waals surface area contributed by atoms with E-state index in [1.54, 1.807) is 0 Å². The molecule has 0 aliphatic heterocycles. The van der Waals surface area contributed by atoms with Crippen molar-refractivity contribution in [1.82, 2.24) is 20.9 Å². The third-order valence-electron chi connectivity index (χ3n) is 9.87. The van der Waals surface area contributed by atoms with Gasteiger partial charge in [-0.3, -0.25) is 4.90 Å². The van der Waals surface area contributed by atoms with Crippen molar-refractivity contribution in [2.75, 3.05) is 133 Å². The molecule has 0 aromatic heterocycles. The van der Waals surface area contributed by atoms with Gasteiger partial charge < -0.3 is 30.2 Å². The molecule has 70 heavy (non-hydrogen) atoms. The van der Waals surface area contributed by atoms with Gasteiger partial charge >= 0.3 is 51.2 Å². The number of hydrogen-bond donors (Lipinski definition) is 3. The maximum absolute atomic E-state index is 12.4. The monoisotopic (exact) mass is 1150 g/mol. The van der Waals surface area contributed by atoms with Crippen LogP contribution in [-0.4, -0.2) is 163 Å². The van der Waals surface area contributed by atoms with Crippen LogP contribution in [0.5, 0.6) is 0 Å². The molecule has 0 atom stereocenters. The van der Waals surface area contributed by atoms with Crippen molar-refractivity contribution in [2.45, 2.75) is 0 Å². The first-order valence-electron chi connectivity index (χ1n) is 22.8. The van der Waals surface area contributed by atoms with Gasteiger partial charge in [0.25, 0.3) is 0 Å². The van der Waals surface area contributed by atoms with Gasteiger partial charge in [-0.25, -0.2) is 25.3 Å². The molecule has 0 aromatic carbocycles. The van der Waals surface area contributed by atoms with Gasteiger partial charge in [0.15, 0.2) is 29.5 Å². The van der Waals surface area contributed by atoms with Gasteiger partial charge in [0, 0.05) is 76.7 Å². The molecule has 6 aliphatic rings. The topological polar surface area (TPSA) is 169 Å². The molecule has 0 bridgehead atoms. The average molecular weight is 1150 g/mol. The zero-order chi connectivity index (χ0) is 48.0. The Morgan fingerprint density at radius 1 is 0.314 bits per heavy atom. The molecule has 6 aliphatic carbocycles. The predicted octanol–water partition coefficient (Wildman–Crippen LogP) is 2.62. The Kier molecular flexibility index (Phi) is 47.0. The van der Waals surface area contributed by atoms with Gasteiger partial charge in [-0.1, -0.05) is 0 Å². The maximum atomic E-state index is 12.4. The van der Waals surface area contributed by atoms with Crippen LogP contribution in [0, 0.1) is 191 Å². The fourth-order valence-electron chi connectivity index (χ4n) is 6.03. The molecule has 0 amide bonds. The van der Waals surface area contributed by atoms with Crippen LogP contribution in [0.25, 0.3) is 0 Å². The summed E-state index contributed by atoms with van der Waals surface area (Å²) in [5, 5.41) is 9.63. The van der Waals surface area contributed by atoms with Crippen molar-refractivity contribution >= 4 is 29.5 Å². The Balaban J connectivity index is 0.00000223. The first-order valence-corrected chi connectivity index (χ1v) is 28.3. The molecular weight excluding hydrogens is 1080 g/mol. The van der Waals surface area contributed by atoms with Crippen molar-refractivity contribution in [3.05, 3.63) is 191 Å². The second-order valence-electron chi connectivity index (χ2n) is 15.5. The minimum absolute atomic E-state index is 0. The van der Waals surface area contributed by atoms with Crippen LogP contribution in [0.3, 0.4) is 0 Å². The Labute approximate surface area is 461 Å². The molecule has 6 fully saturated rings. The standard InChI is InChI=1S/C36H57N4O9S3.3C5H5.3Fe/c41-50(42,28-22-47-31-34-7-1-2-8-34)25-16-37-13-19-40(20-14-38-17-26-51(43,44)29-23-48-32-35-9-3-4-10-35)21-15-39-18-27-52(45,46)30-24-49-33-36-11-5-6-12-36;3*1-2-4-5-3-1;;;/h1-12,37-39H,13-33H2;3*1-5H;;;/q;;;;3*+2. The molecule has 0 unspecified atom stereocenters. The molecular formula is C51H72Fe3N4O9S3+6. The third kappa shape index (κ3) is 41.3. The van der Waals surface area contributed by atoms with Crippen LogP contribution >= 0.6 is 0 Å². The van der Waals surface area contributed by atoms with Gasteiger partial charge in [0.05, 0.1) is 74.2 Å². The second-order valence-corrected chi connectivity index (χ2v) is 22.4. The van der Waals surface area contributed by atoms with Crippen molar-refractivity contribution in [2.24, 2.45) is 0 Å². The number of nitrogens with one attached hydrogen (secondary N) is 3. The van der Waals surface area contributed by atoms with Gasteiger partial charge in [-0.15, -0.1) is 0 Å². The summed E-state index contributed by atoms with van der Waals surface area (Å²) in [6.45, 7) is 6.13. The molecule has 13 nitrogen and oxygen atoms in total. The summed E-state index contributed by atoms with van der Waals surface area (Å²) in [4.78, 5) is 2.16. The maximum Gasteiger partial charge on any atom is 2.00 e. The number of ether oxygens (including phenoxy) is 3. The molecule has 6 saturated carbocycles. The van der Waals surface area contributed by atoms with Crippen molar-refractivity contribution in [3.8, 4) is 0 Å². The summed E-state index contributed by atoms with van der Waals surface area (Å²) < 4.78 is 91.1. The van der Waals surface area contributed by atoms with E-state index in [4.69, 9.17) is 14.2 Å². The Morgan fingerprint density at radius 3 is 0.743 bits per heavy atom. The summed E-state index contributed by atoms with van der Waals surface area (Å²) in [6.07, 6.45) is 53.1. The fraction of sp³-hybridized carbons (Fsp3) is 0.412. The number of sulfone groups is 3. The Hall–Kier alpha value is 1.13. The molecule has 386 valence electrons. The van der Waals surface area contributed by atoms with Crippen LogP contribution in [-0.2, 0) is 94.9 Å². The zero-order valence-electron chi connectivity index (χ0n) is 39.8. The second kappa shape index (κ2) is 46.2. The molecule has 0 saturated heterocycles. The first-order chi connectivity index (χ1) is 32.5. The fourth-order valence-corrected chi connectivity index (χ4v) is 9.13. The van der Waals surface area contributed by atoms with E-state index >= 15 is 0 Å². The zero-order valence-corrected chi connectivity index (χ0v) is 45.6. The van der Waals surface area contributed by atoms with Crippen LogP contribution in [0.2, 0.25) is 0 Å². The summed E-state index contributed by atoms with van der Waals surface area (Å²) >= 11 is 0. The molecule has 0 heterocycles. The normalized spacial score (nSPS) is 18.8. The first kappa shape index (κ1) is 71.1. The van der Waals surface area contributed by atoms with E-state index in [2.05, 4.69) is 20.9 Å². The van der Waals surface area contributed by atoms with Gasteiger partial charge in [0.1, 0.15) is 0 Å². The van der Waals surface area contributed by atoms with Crippen molar-refractivity contribution < 1.29 is 90.7 Å². The number of hydrogen-bond acceptors (Lipinski definition) is 13. The minimum atomic E-state index is -3.26. The smallest absolute Gasteiger partial charge is 0.380 e. The largest absolute Gasteiger partial charge is 2.00 e.